The first-order valence-electron chi connectivity index (χ1n) is 7.54. The summed E-state index contributed by atoms with van der Waals surface area (Å²) in [5, 5.41) is 3.59. The molecule has 0 heterocycles. The second kappa shape index (κ2) is 8.93. The second-order valence-electron chi connectivity index (χ2n) is 5.54. The fourth-order valence-corrected chi connectivity index (χ4v) is 3.18. The molecule has 0 amide bonds. The molecule has 1 aliphatic rings. The van der Waals surface area contributed by atoms with Crippen LogP contribution in [-0.2, 0) is 4.74 Å². The monoisotopic (exact) mass is 241 g/mol. The molecule has 1 fully saturated rings. The van der Waals surface area contributed by atoms with Crippen molar-refractivity contribution >= 4 is 0 Å². The Hall–Kier alpha value is -0.0800. The van der Waals surface area contributed by atoms with Crippen LogP contribution in [0.15, 0.2) is 0 Å². The van der Waals surface area contributed by atoms with Gasteiger partial charge in [0.2, 0.25) is 0 Å². The Balaban J connectivity index is 2.27. The Morgan fingerprint density at radius 3 is 2.41 bits per heavy atom. The predicted molar refractivity (Wildman–Crippen MR) is 74.3 cm³/mol. The molecule has 1 aliphatic carbocycles. The molecule has 0 aliphatic heterocycles. The first-order valence-corrected chi connectivity index (χ1v) is 7.54. The molecular formula is C15H31NO. The van der Waals surface area contributed by atoms with Crippen LogP contribution >= 0.6 is 0 Å². The van der Waals surface area contributed by atoms with Gasteiger partial charge < -0.3 is 10.1 Å². The molecule has 0 radical (unpaired) electrons. The molecule has 1 rings (SSSR count). The summed E-state index contributed by atoms with van der Waals surface area (Å²) in [5.41, 5.74) is 0. The van der Waals surface area contributed by atoms with Gasteiger partial charge in [0.15, 0.2) is 0 Å². The molecule has 0 bridgehead atoms. The molecule has 0 saturated heterocycles. The highest BCUT2D eigenvalue weighted by Crippen LogP contribution is 2.33. The third kappa shape index (κ3) is 5.39. The van der Waals surface area contributed by atoms with Crippen molar-refractivity contribution in [3.63, 3.8) is 0 Å². The van der Waals surface area contributed by atoms with Crippen molar-refractivity contribution < 1.29 is 4.74 Å². The number of nitrogens with one attached hydrogen (secondary N) is 1. The zero-order valence-corrected chi connectivity index (χ0v) is 12.0. The maximum absolute atomic E-state index is 5.34. The van der Waals surface area contributed by atoms with E-state index >= 15 is 0 Å². The van der Waals surface area contributed by atoms with Gasteiger partial charge in [0.05, 0.1) is 6.61 Å². The maximum Gasteiger partial charge on any atom is 0.0618 e. The lowest BCUT2D eigenvalue weighted by atomic mass is 9.77. The van der Waals surface area contributed by atoms with Gasteiger partial charge in [-0.2, -0.15) is 0 Å². The number of hydrogen-bond acceptors (Lipinski definition) is 2. The van der Waals surface area contributed by atoms with E-state index in [0.717, 1.165) is 25.0 Å². The van der Waals surface area contributed by atoms with Gasteiger partial charge in [0.25, 0.3) is 0 Å². The standard InChI is InChI=1S/C15H31NO/c1-4-6-7-13-8-10-14(11-9-13)15(12-17-3)16-5-2/h13-16H,4-12H2,1-3H3. The minimum absolute atomic E-state index is 0.581. The molecule has 1 atom stereocenters. The Morgan fingerprint density at radius 2 is 1.88 bits per heavy atom. The van der Waals surface area contributed by atoms with Crippen molar-refractivity contribution in [1.82, 2.24) is 5.32 Å². The first-order chi connectivity index (χ1) is 8.31. The number of unbranched alkanes of at least 4 members (excludes halogenated alkanes) is 1. The van der Waals surface area contributed by atoms with Gasteiger partial charge in [-0.25, -0.2) is 0 Å². The number of methoxy groups -OCH3 is 1. The van der Waals surface area contributed by atoms with Crippen LogP contribution in [0.1, 0.15) is 58.8 Å². The molecule has 0 spiro atoms. The molecule has 0 aromatic rings. The summed E-state index contributed by atoms with van der Waals surface area (Å²) in [4.78, 5) is 0. The molecular weight excluding hydrogens is 210 g/mol. The van der Waals surface area contributed by atoms with Crippen molar-refractivity contribution in [2.75, 3.05) is 20.3 Å². The molecule has 2 heteroatoms. The Kier molecular flexibility index (Phi) is 7.87. The van der Waals surface area contributed by atoms with Crippen molar-refractivity contribution in [3.05, 3.63) is 0 Å². The number of ether oxygens (including phenoxy) is 1. The van der Waals surface area contributed by atoms with Crippen LogP contribution in [-0.4, -0.2) is 26.3 Å². The summed E-state index contributed by atoms with van der Waals surface area (Å²) in [6, 6.07) is 0.581. The SMILES string of the molecule is CCCCC1CCC(C(COC)NCC)CC1. The largest absolute Gasteiger partial charge is 0.383 e. The topological polar surface area (TPSA) is 21.3 Å². The van der Waals surface area contributed by atoms with E-state index in [9.17, 15) is 0 Å². The van der Waals surface area contributed by atoms with Gasteiger partial charge in [-0.05, 0) is 31.2 Å². The summed E-state index contributed by atoms with van der Waals surface area (Å²) in [5.74, 6) is 1.85. The minimum Gasteiger partial charge on any atom is -0.383 e. The minimum atomic E-state index is 0.581. The number of likely N-dealkylation sites (N-methyl/N-ethyl adjacent to an activating group) is 1. The van der Waals surface area contributed by atoms with E-state index in [1.54, 1.807) is 0 Å². The van der Waals surface area contributed by atoms with Crippen LogP contribution in [0.4, 0.5) is 0 Å². The van der Waals surface area contributed by atoms with Gasteiger partial charge in [-0.3, -0.25) is 0 Å². The van der Waals surface area contributed by atoms with E-state index in [4.69, 9.17) is 4.74 Å². The van der Waals surface area contributed by atoms with Gasteiger partial charge >= 0.3 is 0 Å². The Labute approximate surface area is 108 Å². The van der Waals surface area contributed by atoms with Gasteiger partial charge in [-0.15, -0.1) is 0 Å². The summed E-state index contributed by atoms with van der Waals surface area (Å²) in [7, 11) is 1.82. The Bertz CT molecular complexity index is 170. The highest BCUT2D eigenvalue weighted by molar-refractivity contribution is 4.81. The zero-order chi connectivity index (χ0) is 12.5. The van der Waals surface area contributed by atoms with Crippen molar-refractivity contribution in [2.24, 2.45) is 11.8 Å². The van der Waals surface area contributed by atoms with E-state index in [1.165, 1.54) is 44.9 Å². The highest BCUT2D eigenvalue weighted by Gasteiger charge is 2.26. The fraction of sp³-hybridized carbons (Fsp3) is 1.00. The summed E-state index contributed by atoms with van der Waals surface area (Å²) in [6.45, 7) is 6.42. The molecule has 1 N–H and O–H groups in total. The predicted octanol–water partition coefficient (Wildman–Crippen LogP) is 3.61. The van der Waals surface area contributed by atoms with E-state index in [2.05, 4.69) is 19.2 Å². The maximum atomic E-state index is 5.34. The summed E-state index contributed by atoms with van der Waals surface area (Å²) < 4.78 is 5.34. The van der Waals surface area contributed by atoms with E-state index in [1.807, 2.05) is 7.11 Å². The van der Waals surface area contributed by atoms with E-state index in [-0.39, 0.29) is 0 Å². The van der Waals surface area contributed by atoms with Gasteiger partial charge in [0.1, 0.15) is 0 Å². The third-order valence-electron chi connectivity index (χ3n) is 4.24. The molecule has 1 saturated carbocycles. The van der Waals surface area contributed by atoms with E-state index in [0.29, 0.717) is 6.04 Å². The molecule has 0 aromatic heterocycles. The average molecular weight is 241 g/mol. The van der Waals surface area contributed by atoms with E-state index < -0.39 is 0 Å². The lowest BCUT2D eigenvalue weighted by Crippen LogP contribution is -2.41. The van der Waals surface area contributed by atoms with Crippen molar-refractivity contribution in [2.45, 2.75) is 64.8 Å². The molecule has 17 heavy (non-hydrogen) atoms. The highest BCUT2D eigenvalue weighted by atomic mass is 16.5. The Morgan fingerprint density at radius 1 is 1.18 bits per heavy atom. The number of rotatable bonds is 8. The van der Waals surface area contributed by atoms with Crippen molar-refractivity contribution in [3.8, 4) is 0 Å². The van der Waals surface area contributed by atoms with Crippen LogP contribution in [0.5, 0.6) is 0 Å². The van der Waals surface area contributed by atoms with Crippen LogP contribution < -0.4 is 5.32 Å². The first kappa shape index (κ1) is 15.0. The lowest BCUT2D eigenvalue weighted by molar-refractivity contribution is 0.116. The molecule has 102 valence electrons. The molecule has 0 aromatic carbocycles. The second-order valence-corrected chi connectivity index (χ2v) is 5.54. The lowest BCUT2D eigenvalue weighted by Gasteiger charge is -2.34. The van der Waals surface area contributed by atoms with Gasteiger partial charge in [-0.1, -0.05) is 46.0 Å². The number of hydrogen-bond donors (Lipinski definition) is 1. The van der Waals surface area contributed by atoms with Crippen LogP contribution in [0, 0.1) is 11.8 Å². The van der Waals surface area contributed by atoms with Crippen LogP contribution in [0.25, 0.3) is 0 Å². The summed E-state index contributed by atoms with van der Waals surface area (Å²) >= 11 is 0. The van der Waals surface area contributed by atoms with Gasteiger partial charge in [0, 0.05) is 13.2 Å². The molecule has 1 unspecified atom stereocenters. The third-order valence-corrected chi connectivity index (χ3v) is 4.24. The quantitative estimate of drug-likeness (QED) is 0.701. The van der Waals surface area contributed by atoms with Crippen LogP contribution in [0.2, 0.25) is 0 Å². The molecule has 2 nitrogen and oxygen atoms in total. The summed E-state index contributed by atoms with van der Waals surface area (Å²) in [6.07, 6.45) is 9.91. The smallest absolute Gasteiger partial charge is 0.0618 e. The normalized spacial score (nSPS) is 27.0. The zero-order valence-electron chi connectivity index (χ0n) is 12.0. The van der Waals surface area contributed by atoms with Crippen LogP contribution in [0.3, 0.4) is 0 Å². The van der Waals surface area contributed by atoms with Crippen molar-refractivity contribution in [1.29, 1.82) is 0 Å². The fourth-order valence-electron chi connectivity index (χ4n) is 3.18. The average Bonchev–Trinajstić information content (AvgIpc) is 2.37.